The molecule has 10 rings (SSSR count). The minimum atomic E-state index is 0.616. The molecule has 0 saturated carbocycles. The van der Waals surface area contributed by atoms with Crippen molar-refractivity contribution in [2.45, 2.75) is 0 Å². The largest absolute Gasteiger partial charge is 0.247 e. The molecule has 0 saturated heterocycles. The molecule has 3 aromatic heterocycles. The fourth-order valence-electron chi connectivity index (χ4n) is 6.98. The molecule has 0 radical (unpaired) electrons. The van der Waals surface area contributed by atoms with Crippen molar-refractivity contribution in [2.75, 3.05) is 0 Å². The van der Waals surface area contributed by atoms with Gasteiger partial charge in [-0.25, -0.2) is 19.9 Å². The number of aromatic nitrogens is 4. The maximum absolute atomic E-state index is 5.54. The molecule has 0 atom stereocenters. The third kappa shape index (κ3) is 4.59. The average molecular weight is 643 g/mol. The molecule has 10 aromatic rings. The van der Waals surface area contributed by atoms with E-state index in [2.05, 4.69) is 97.1 Å². The number of hydrogen-bond donors (Lipinski definition) is 0. The zero-order chi connectivity index (χ0) is 32.3. The summed E-state index contributed by atoms with van der Waals surface area (Å²) in [4.78, 5) is 20.5. The van der Waals surface area contributed by atoms with Crippen LogP contribution in [-0.4, -0.2) is 19.9 Å². The smallest absolute Gasteiger partial charge is 0.164 e. The van der Waals surface area contributed by atoms with E-state index in [9.17, 15) is 0 Å². The Bertz CT molecular complexity index is 2820. The lowest BCUT2D eigenvalue weighted by atomic mass is 9.93. The quantitative estimate of drug-likeness (QED) is 0.179. The Morgan fingerprint density at radius 2 is 0.959 bits per heavy atom. The van der Waals surface area contributed by atoms with E-state index in [1.165, 1.54) is 41.7 Å². The number of benzene rings is 7. The van der Waals surface area contributed by atoms with Crippen LogP contribution in [0, 0.1) is 0 Å². The Morgan fingerprint density at radius 1 is 0.388 bits per heavy atom. The van der Waals surface area contributed by atoms with Crippen LogP contribution in [-0.2, 0) is 0 Å². The molecule has 0 aliphatic carbocycles. The lowest BCUT2D eigenvalue weighted by molar-refractivity contribution is 1.07. The molecule has 0 amide bonds. The van der Waals surface area contributed by atoms with Crippen molar-refractivity contribution in [1.29, 1.82) is 0 Å². The molecule has 3 heterocycles. The lowest BCUT2D eigenvalue weighted by Crippen LogP contribution is -2.00. The predicted octanol–water partition coefficient (Wildman–Crippen LogP) is 11.8. The molecule has 7 aromatic carbocycles. The summed E-state index contributed by atoms with van der Waals surface area (Å²) >= 11 is 1.83. The van der Waals surface area contributed by atoms with Gasteiger partial charge in [0, 0.05) is 47.8 Å². The van der Waals surface area contributed by atoms with E-state index in [0.29, 0.717) is 17.5 Å². The Hall–Kier alpha value is -6.30. The average Bonchev–Trinajstić information content (AvgIpc) is 3.58. The van der Waals surface area contributed by atoms with E-state index in [0.717, 1.165) is 38.9 Å². The fourth-order valence-corrected chi connectivity index (χ4v) is 8.22. The van der Waals surface area contributed by atoms with Crippen LogP contribution in [0.4, 0.5) is 0 Å². The third-order valence-corrected chi connectivity index (χ3v) is 10.5. The summed E-state index contributed by atoms with van der Waals surface area (Å²) in [7, 11) is 0. The van der Waals surface area contributed by atoms with Crippen molar-refractivity contribution in [3.05, 3.63) is 158 Å². The monoisotopic (exact) mass is 642 g/mol. The van der Waals surface area contributed by atoms with Gasteiger partial charge in [0.1, 0.15) is 0 Å². The summed E-state index contributed by atoms with van der Waals surface area (Å²) in [6.07, 6.45) is 0. The van der Waals surface area contributed by atoms with Crippen LogP contribution in [0.25, 0.3) is 98.0 Å². The van der Waals surface area contributed by atoms with Crippen LogP contribution in [0.3, 0.4) is 0 Å². The van der Waals surface area contributed by atoms with Gasteiger partial charge < -0.3 is 0 Å². The van der Waals surface area contributed by atoms with Crippen LogP contribution in [0.1, 0.15) is 0 Å². The van der Waals surface area contributed by atoms with E-state index in [1.54, 1.807) is 0 Å². The van der Waals surface area contributed by atoms with E-state index < -0.39 is 0 Å². The van der Waals surface area contributed by atoms with Gasteiger partial charge >= 0.3 is 0 Å². The van der Waals surface area contributed by atoms with Crippen molar-refractivity contribution in [1.82, 2.24) is 19.9 Å². The Balaban J connectivity index is 1.26. The lowest BCUT2D eigenvalue weighted by Gasteiger charge is -2.14. The van der Waals surface area contributed by atoms with E-state index in [4.69, 9.17) is 19.9 Å². The Kier molecular flexibility index (Phi) is 6.32. The normalized spacial score (nSPS) is 11.7. The predicted molar refractivity (Wildman–Crippen MR) is 205 cm³/mol. The van der Waals surface area contributed by atoms with E-state index in [-0.39, 0.29) is 0 Å². The van der Waals surface area contributed by atoms with Gasteiger partial charge in [-0.15, -0.1) is 11.3 Å². The maximum atomic E-state index is 5.54. The first-order valence-electron chi connectivity index (χ1n) is 16.3. The second-order valence-electron chi connectivity index (χ2n) is 12.2. The minimum absolute atomic E-state index is 0.616. The second kappa shape index (κ2) is 11.2. The van der Waals surface area contributed by atoms with Gasteiger partial charge in [0.25, 0.3) is 0 Å². The molecule has 0 unspecified atom stereocenters. The molecule has 0 aliphatic heterocycles. The molecule has 0 fully saturated rings. The van der Waals surface area contributed by atoms with Crippen molar-refractivity contribution in [3.63, 3.8) is 0 Å². The first-order valence-corrected chi connectivity index (χ1v) is 17.1. The number of rotatable bonds is 4. The Morgan fingerprint density at radius 3 is 1.67 bits per heavy atom. The van der Waals surface area contributed by atoms with Crippen molar-refractivity contribution >= 4 is 64.0 Å². The molecule has 0 N–H and O–H groups in total. The van der Waals surface area contributed by atoms with Crippen molar-refractivity contribution in [2.24, 2.45) is 0 Å². The summed E-state index contributed by atoms with van der Waals surface area (Å²) in [5.41, 5.74) is 5.82. The summed E-state index contributed by atoms with van der Waals surface area (Å²) in [6.45, 7) is 0. The summed E-state index contributed by atoms with van der Waals surface area (Å²) in [5, 5.41) is 8.41. The van der Waals surface area contributed by atoms with E-state index >= 15 is 0 Å². The highest BCUT2D eigenvalue weighted by Crippen LogP contribution is 2.45. The van der Waals surface area contributed by atoms with Crippen LogP contribution in [0.2, 0.25) is 0 Å². The summed E-state index contributed by atoms with van der Waals surface area (Å²) in [5.74, 6) is 1.90. The second-order valence-corrected chi connectivity index (χ2v) is 13.3. The van der Waals surface area contributed by atoms with Gasteiger partial charge in [0.05, 0.1) is 11.2 Å². The minimum Gasteiger partial charge on any atom is -0.247 e. The van der Waals surface area contributed by atoms with Crippen LogP contribution in [0.15, 0.2) is 158 Å². The summed E-state index contributed by atoms with van der Waals surface area (Å²) < 4.78 is 2.48. The molecule has 228 valence electrons. The maximum Gasteiger partial charge on any atom is 0.164 e. The molecule has 0 spiro atoms. The Labute approximate surface area is 286 Å². The van der Waals surface area contributed by atoms with Crippen LogP contribution in [0.5, 0.6) is 0 Å². The number of nitrogens with zero attached hydrogens (tertiary/aromatic N) is 4. The number of thiophene rings is 1. The fraction of sp³-hybridized carbons (Fsp3) is 0. The molecule has 4 nitrogen and oxygen atoms in total. The summed E-state index contributed by atoms with van der Waals surface area (Å²) in [6, 6.07) is 54.9. The van der Waals surface area contributed by atoms with Crippen molar-refractivity contribution in [3.8, 4) is 45.4 Å². The first-order chi connectivity index (χ1) is 24.3. The molecule has 49 heavy (non-hydrogen) atoms. The highest BCUT2D eigenvalue weighted by Gasteiger charge is 2.20. The van der Waals surface area contributed by atoms with Crippen molar-refractivity contribution < 1.29 is 0 Å². The third-order valence-electron chi connectivity index (χ3n) is 9.29. The number of hydrogen-bond acceptors (Lipinski definition) is 5. The molecular weight excluding hydrogens is 617 g/mol. The first kappa shape index (κ1) is 27.8. The van der Waals surface area contributed by atoms with Gasteiger partial charge in [-0.05, 0) is 39.7 Å². The van der Waals surface area contributed by atoms with Crippen LogP contribution < -0.4 is 0 Å². The number of fused-ring (bicyclic) bond motifs is 8. The topological polar surface area (TPSA) is 51.6 Å². The zero-order valence-electron chi connectivity index (χ0n) is 26.2. The SMILES string of the molecule is c1ccc(-c2nc(-c3ccccc3)nc(-c3ccc4c(c3)nc(-c3cc5ccccc5c5ccccc35)c3c5ccccc5sc43)n2)cc1. The molecular formula is C44H26N4S. The zero-order valence-corrected chi connectivity index (χ0v) is 27.0. The van der Waals surface area contributed by atoms with Gasteiger partial charge in [-0.1, -0.05) is 140 Å². The van der Waals surface area contributed by atoms with Gasteiger partial charge in [0.2, 0.25) is 0 Å². The van der Waals surface area contributed by atoms with Gasteiger partial charge in [-0.3, -0.25) is 0 Å². The molecule has 0 bridgehead atoms. The standard InChI is InChI=1S/C44H26N4S/c1-3-13-27(14-4-1)42-46-43(28-15-5-2-6-16-28)48-44(47-42)30-23-24-34-37(26-30)45-40(39-35-21-11-12-22-38(35)49-41(34)39)36-25-29-17-7-8-18-31(29)32-19-9-10-20-33(32)36/h1-26H. The van der Waals surface area contributed by atoms with Crippen LogP contribution >= 0.6 is 11.3 Å². The highest BCUT2D eigenvalue weighted by molar-refractivity contribution is 7.26. The molecule has 0 aliphatic rings. The molecule has 5 heteroatoms. The van der Waals surface area contributed by atoms with E-state index in [1.807, 2.05) is 72.0 Å². The highest BCUT2D eigenvalue weighted by atomic mass is 32.1. The number of pyridine rings is 1. The van der Waals surface area contributed by atoms with Gasteiger partial charge in [0.15, 0.2) is 17.5 Å². The van der Waals surface area contributed by atoms with Gasteiger partial charge in [-0.2, -0.15) is 0 Å².